The Kier molecular flexibility index (Phi) is 5.76. The van der Waals surface area contributed by atoms with Crippen LogP contribution in [0.25, 0.3) is 0 Å². The Morgan fingerprint density at radius 3 is 2.41 bits per heavy atom. The lowest BCUT2D eigenvalue weighted by Gasteiger charge is -2.16. The minimum Gasteiger partial charge on any atom is -0.497 e. The van der Waals surface area contributed by atoms with Gasteiger partial charge >= 0.3 is 5.97 Å². The third-order valence-electron chi connectivity index (χ3n) is 4.35. The molecule has 140 valence electrons. The van der Waals surface area contributed by atoms with E-state index in [1.54, 1.807) is 48.5 Å². The molecule has 1 heterocycles. The summed E-state index contributed by atoms with van der Waals surface area (Å²) >= 11 is 5.86. The Morgan fingerprint density at radius 1 is 1.11 bits per heavy atom. The smallest absolute Gasteiger partial charge is 0.311 e. The number of rotatable bonds is 6. The summed E-state index contributed by atoms with van der Waals surface area (Å²) in [6, 6.07) is 13.4. The average Bonchev–Trinajstić information content (AvgIpc) is 3.08. The number of ketones is 1. The predicted molar refractivity (Wildman–Crippen MR) is 100 cm³/mol. The van der Waals surface area contributed by atoms with Crippen molar-refractivity contribution in [2.24, 2.45) is 5.92 Å². The zero-order chi connectivity index (χ0) is 19.4. The molecule has 6 nitrogen and oxygen atoms in total. The second kappa shape index (κ2) is 8.22. The number of hydrogen-bond donors (Lipinski definition) is 0. The molecule has 0 unspecified atom stereocenters. The number of amides is 1. The van der Waals surface area contributed by atoms with Gasteiger partial charge in [-0.3, -0.25) is 14.4 Å². The molecule has 7 heteroatoms. The first kappa shape index (κ1) is 18.9. The fourth-order valence-electron chi connectivity index (χ4n) is 2.85. The molecular weight excluding hydrogens is 370 g/mol. The van der Waals surface area contributed by atoms with Crippen LogP contribution in [0.2, 0.25) is 5.02 Å². The van der Waals surface area contributed by atoms with Crippen molar-refractivity contribution in [1.29, 1.82) is 0 Å². The number of benzene rings is 2. The zero-order valence-electron chi connectivity index (χ0n) is 14.7. The fraction of sp³-hybridized carbons (Fsp3) is 0.250. The van der Waals surface area contributed by atoms with Crippen LogP contribution in [-0.2, 0) is 14.3 Å². The average molecular weight is 388 g/mol. The van der Waals surface area contributed by atoms with E-state index in [-0.39, 0.29) is 31.3 Å². The summed E-state index contributed by atoms with van der Waals surface area (Å²) in [7, 11) is 1.54. The number of Topliss-reactive ketones (excluding diaryl/α,β-unsaturated/α-hetero) is 1. The molecule has 0 aromatic heterocycles. The first-order valence-corrected chi connectivity index (χ1v) is 8.75. The summed E-state index contributed by atoms with van der Waals surface area (Å²) in [5, 5.41) is 0.568. The maximum atomic E-state index is 12.3. The molecule has 0 spiro atoms. The van der Waals surface area contributed by atoms with E-state index in [1.807, 2.05) is 0 Å². The molecule has 0 bridgehead atoms. The maximum absolute atomic E-state index is 12.3. The number of carbonyl (C=O) groups excluding carboxylic acids is 3. The lowest BCUT2D eigenvalue weighted by atomic mass is 10.1. The maximum Gasteiger partial charge on any atom is 0.311 e. The van der Waals surface area contributed by atoms with Crippen LogP contribution >= 0.6 is 11.6 Å². The zero-order valence-corrected chi connectivity index (χ0v) is 15.4. The lowest BCUT2D eigenvalue weighted by Crippen LogP contribution is -2.27. The Balaban J connectivity index is 1.55. The van der Waals surface area contributed by atoms with Gasteiger partial charge in [-0.05, 0) is 48.5 Å². The number of esters is 1. The van der Waals surface area contributed by atoms with Crippen molar-refractivity contribution >= 4 is 34.9 Å². The highest BCUT2D eigenvalue weighted by molar-refractivity contribution is 6.30. The molecule has 27 heavy (non-hydrogen) atoms. The molecule has 3 rings (SSSR count). The molecule has 1 aliphatic heterocycles. The summed E-state index contributed by atoms with van der Waals surface area (Å²) in [5.41, 5.74) is 1.10. The SMILES string of the molecule is COc1ccc(C(=O)COC(=O)[C@H]2CC(=O)N(c3ccc(Cl)cc3)C2)cc1. The Hall–Kier alpha value is -2.86. The molecule has 2 aromatic carbocycles. The third kappa shape index (κ3) is 4.46. The van der Waals surface area contributed by atoms with Crippen LogP contribution in [0.5, 0.6) is 5.75 Å². The molecule has 1 atom stereocenters. The van der Waals surface area contributed by atoms with Crippen LogP contribution in [0.15, 0.2) is 48.5 Å². The molecule has 1 aliphatic rings. The van der Waals surface area contributed by atoms with Crippen molar-refractivity contribution in [3.8, 4) is 5.75 Å². The third-order valence-corrected chi connectivity index (χ3v) is 4.61. The number of nitrogens with zero attached hydrogens (tertiary/aromatic N) is 1. The highest BCUT2D eigenvalue weighted by atomic mass is 35.5. The number of ether oxygens (including phenoxy) is 2. The van der Waals surface area contributed by atoms with Crippen LogP contribution in [0.4, 0.5) is 5.69 Å². The van der Waals surface area contributed by atoms with Gasteiger partial charge in [0.15, 0.2) is 12.4 Å². The molecule has 1 fully saturated rings. The normalized spacial score (nSPS) is 16.3. The number of hydrogen-bond acceptors (Lipinski definition) is 5. The van der Waals surface area contributed by atoms with Crippen molar-refractivity contribution in [2.75, 3.05) is 25.2 Å². The summed E-state index contributed by atoms with van der Waals surface area (Å²) < 4.78 is 10.2. The molecule has 1 saturated heterocycles. The van der Waals surface area contributed by atoms with Gasteiger partial charge in [0.25, 0.3) is 0 Å². The largest absolute Gasteiger partial charge is 0.497 e. The second-order valence-corrected chi connectivity index (χ2v) is 6.58. The summed E-state index contributed by atoms with van der Waals surface area (Å²) in [4.78, 5) is 38.1. The van der Waals surface area contributed by atoms with Crippen LogP contribution in [0, 0.1) is 5.92 Å². The number of halogens is 1. The Morgan fingerprint density at radius 2 is 1.78 bits per heavy atom. The minimum absolute atomic E-state index is 0.0538. The van der Waals surface area contributed by atoms with Gasteiger partial charge in [-0.2, -0.15) is 0 Å². The molecule has 0 N–H and O–H groups in total. The molecule has 1 amide bonds. The van der Waals surface area contributed by atoms with Crippen LogP contribution in [0.3, 0.4) is 0 Å². The van der Waals surface area contributed by atoms with Gasteiger partial charge < -0.3 is 14.4 Å². The van der Waals surface area contributed by atoms with Gasteiger partial charge in [-0.1, -0.05) is 11.6 Å². The van der Waals surface area contributed by atoms with Crippen LogP contribution < -0.4 is 9.64 Å². The topological polar surface area (TPSA) is 72.9 Å². The monoisotopic (exact) mass is 387 g/mol. The first-order valence-electron chi connectivity index (χ1n) is 8.37. The first-order chi connectivity index (χ1) is 13.0. The highest BCUT2D eigenvalue weighted by Crippen LogP contribution is 2.27. The van der Waals surface area contributed by atoms with Crippen molar-refractivity contribution in [2.45, 2.75) is 6.42 Å². The summed E-state index contributed by atoms with van der Waals surface area (Å²) in [6.07, 6.45) is 0.0538. The second-order valence-electron chi connectivity index (χ2n) is 6.14. The summed E-state index contributed by atoms with van der Waals surface area (Å²) in [5.74, 6) is -1.00. The fourth-order valence-corrected chi connectivity index (χ4v) is 2.98. The van der Waals surface area contributed by atoms with Gasteiger partial charge in [0.1, 0.15) is 5.75 Å². The van der Waals surface area contributed by atoms with Crippen molar-refractivity contribution in [3.05, 3.63) is 59.1 Å². The van der Waals surface area contributed by atoms with E-state index in [1.165, 1.54) is 12.0 Å². The molecule has 0 radical (unpaired) electrons. The van der Waals surface area contributed by atoms with E-state index in [4.69, 9.17) is 21.1 Å². The number of methoxy groups -OCH3 is 1. The highest BCUT2D eigenvalue weighted by Gasteiger charge is 2.36. The molecule has 0 aliphatic carbocycles. The lowest BCUT2D eigenvalue weighted by molar-refractivity contribution is -0.147. The van der Waals surface area contributed by atoms with Crippen molar-refractivity contribution in [1.82, 2.24) is 0 Å². The quantitative estimate of drug-likeness (QED) is 0.562. The van der Waals surface area contributed by atoms with E-state index in [9.17, 15) is 14.4 Å². The van der Waals surface area contributed by atoms with E-state index in [2.05, 4.69) is 0 Å². The molecule has 0 saturated carbocycles. The van der Waals surface area contributed by atoms with Crippen LogP contribution in [-0.4, -0.2) is 37.9 Å². The van der Waals surface area contributed by atoms with E-state index >= 15 is 0 Å². The predicted octanol–water partition coefficient (Wildman–Crippen LogP) is 3.13. The minimum atomic E-state index is -0.600. The van der Waals surface area contributed by atoms with Gasteiger partial charge in [-0.25, -0.2) is 0 Å². The van der Waals surface area contributed by atoms with Gasteiger partial charge in [0, 0.05) is 29.2 Å². The number of carbonyl (C=O) groups is 3. The standard InChI is InChI=1S/C20H18ClNO5/c1-26-17-8-2-13(3-9-17)18(23)12-27-20(25)14-10-19(24)22(11-14)16-6-4-15(21)5-7-16/h2-9,14H,10-12H2,1H3/t14-/m0/s1. The van der Waals surface area contributed by atoms with E-state index < -0.39 is 11.9 Å². The summed E-state index contributed by atoms with van der Waals surface area (Å²) in [6.45, 7) is -0.146. The van der Waals surface area contributed by atoms with Crippen molar-refractivity contribution < 1.29 is 23.9 Å². The molecular formula is C20H18ClNO5. The van der Waals surface area contributed by atoms with E-state index in [0.29, 0.717) is 22.0 Å². The number of anilines is 1. The Bertz CT molecular complexity index is 848. The van der Waals surface area contributed by atoms with Gasteiger partial charge in [-0.15, -0.1) is 0 Å². The van der Waals surface area contributed by atoms with Crippen molar-refractivity contribution in [3.63, 3.8) is 0 Å². The van der Waals surface area contributed by atoms with Gasteiger partial charge in [0.2, 0.25) is 5.91 Å². The van der Waals surface area contributed by atoms with E-state index in [0.717, 1.165) is 0 Å². The Labute approximate surface area is 161 Å². The molecule has 2 aromatic rings. The van der Waals surface area contributed by atoms with Gasteiger partial charge in [0.05, 0.1) is 13.0 Å². The van der Waals surface area contributed by atoms with Crippen LogP contribution in [0.1, 0.15) is 16.8 Å².